The van der Waals surface area contributed by atoms with Crippen LogP contribution in [0.15, 0.2) is 29.3 Å². The maximum Gasteiger partial charge on any atom is 0.342 e. The Morgan fingerprint density at radius 1 is 1.37 bits per heavy atom. The zero-order valence-corrected chi connectivity index (χ0v) is 11.9. The average molecular weight is 277 g/mol. The minimum absolute atomic E-state index is 0.0238. The van der Waals surface area contributed by atoms with Gasteiger partial charge in [-0.15, -0.1) is 11.8 Å². The molecule has 5 nitrogen and oxygen atoms in total. The molecule has 0 fully saturated rings. The predicted molar refractivity (Wildman–Crippen MR) is 75.3 cm³/mol. The summed E-state index contributed by atoms with van der Waals surface area (Å²) in [5.74, 6) is 1.35. The van der Waals surface area contributed by atoms with Crippen LogP contribution in [-0.2, 0) is 12.8 Å². The number of thioether (sulfide) groups is 1. The van der Waals surface area contributed by atoms with Crippen molar-refractivity contribution in [3.63, 3.8) is 0 Å². The van der Waals surface area contributed by atoms with Gasteiger partial charge in [0.2, 0.25) is 5.82 Å². The topological polar surface area (TPSA) is 61.0 Å². The number of rotatable bonds is 4. The second-order valence-electron chi connectivity index (χ2n) is 4.38. The lowest BCUT2D eigenvalue weighted by Gasteiger charge is -2.04. The monoisotopic (exact) mass is 277 g/mol. The molecule has 19 heavy (non-hydrogen) atoms. The quantitative estimate of drug-likeness (QED) is 0.489. The Morgan fingerprint density at radius 3 is 2.68 bits per heavy atom. The van der Waals surface area contributed by atoms with Gasteiger partial charge in [-0.1, -0.05) is 6.07 Å². The predicted octanol–water partition coefficient (Wildman–Crippen LogP) is 3.24. The van der Waals surface area contributed by atoms with Crippen molar-refractivity contribution < 1.29 is 4.92 Å². The number of nitrogens with zero attached hydrogens (tertiary/aromatic N) is 3. The van der Waals surface area contributed by atoms with Crippen LogP contribution in [0.25, 0.3) is 0 Å². The standard InChI is InChI=1S/C13H15N3O2S/c1-9-4-5-11(6-10(9)2)19-8-12-14-7-13(15(12)3)16(17)18/h4-7H,8H2,1-3H3. The minimum Gasteiger partial charge on any atom is -0.358 e. The molecule has 0 amide bonds. The van der Waals surface area contributed by atoms with Gasteiger partial charge < -0.3 is 10.1 Å². The third-order valence-corrected chi connectivity index (χ3v) is 4.08. The number of benzene rings is 1. The van der Waals surface area contributed by atoms with Crippen molar-refractivity contribution >= 4 is 17.6 Å². The average Bonchev–Trinajstić information content (AvgIpc) is 2.72. The summed E-state index contributed by atoms with van der Waals surface area (Å²) in [6, 6.07) is 6.26. The van der Waals surface area contributed by atoms with E-state index >= 15 is 0 Å². The second-order valence-corrected chi connectivity index (χ2v) is 5.43. The molecule has 0 spiro atoms. The van der Waals surface area contributed by atoms with Crippen LogP contribution in [0.5, 0.6) is 0 Å². The van der Waals surface area contributed by atoms with E-state index in [-0.39, 0.29) is 5.82 Å². The van der Waals surface area contributed by atoms with Crippen LogP contribution in [0.2, 0.25) is 0 Å². The van der Waals surface area contributed by atoms with Crippen molar-refractivity contribution in [1.29, 1.82) is 0 Å². The van der Waals surface area contributed by atoms with E-state index in [9.17, 15) is 10.1 Å². The SMILES string of the molecule is Cc1ccc(SCc2ncc([N+](=O)[O-])n2C)cc1C. The lowest BCUT2D eigenvalue weighted by Crippen LogP contribution is -2.00. The Labute approximate surface area is 115 Å². The van der Waals surface area contributed by atoms with E-state index < -0.39 is 4.92 Å². The third-order valence-electron chi connectivity index (χ3n) is 3.09. The first kappa shape index (κ1) is 13.6. The lowest BCUT2D eigenvalue weighted by atomic mass is 10.1. The molecule has 1 heterocycles. The van der Waals surface area contributed by atoms with Crippen LogP contribution >= 0.6 is 11.8 Å². The van der Waals surface area contributed by atoms with Gasteiger partial charge in [-0.25, -0.2) is 9.55 Å². The molecule has 2 aromatic rings. The number of hydrogen-bond donors (Lipinski definition) is 0. The first-order valence-corrected chi connectivity index (χ1v) is 6.82. The van der Waals surface area contributed by atoms with Gasteiger partial charge in [-0.2, -0.15) is 0 Å². The van der Waals surface area contributed by atoms with Crippen LogP contribution in [0.3, 0.4) is 0 Å². The highest BCUT2D eigenvalue weighted by Gasteiger charge is 2.16. The maximum absolute atomic E-state index is 10.7. The molecule has 0 radical (unpaired) electrons. The number of aryl methyl sites for hydroxylation is 2. The highest BCUT2D eigenvalue weighted by Crippen LogP contribution is 2.25. The van der Waals surface area contributed by atoms with Crippen molar-refractivity contribution in [3.05, 3.63) is 51.5 Å². The largest absolute Gasteiger partial charge is 0.358 e. The summed E-state index contributed by atoms with van der Waals surface area (Å²) in [4.78, 5) is 15.5. The Balaban J connectivity index is 2.10. The molecular weight excluding hydrogens is 262 g/mol. The molecule has 0 aliphatic carbocycles. The molecule has 1 aromatic heterocycles. The lowest BCUT2D eigenvalue weighted by molar-refractivity contribution is -0.391. The van der Waals surface area contributed by atoms with Crippen molar-refractivity contribution in [2.45, 2.75) is 24.5 Å². The molecule has 2 rings (SSSR count). The molecule has 100 valence electrons. The van der Waals surface area contributed by atoms with Crippen LogP contribution in [0.1, 0.15) is 17.0 Å². The van der Waals surface area contributed by atoms with Gasteiger partial charge in [-0.3, -0.25) is 0 Å². The Bertz CT molecular complexity index is 622. The van der Waals surface area contributed by atoms with E-state index in [4.69, 9.17) is 0 Å². The van der Waals surface area contributed by atoms with E-state index in [2.05, 4.69) is 37.0 Å². The van der Waals surface area contributed by atoms with Crippen LogP contribution in [-0.4, -0.2) is 14.5 Å². The first-order chi connectivity index (χ1) is 8.99. The number of nitro groups is 1. The van der Waals surface area contributed by atoms with Crippen LogP contribution < -0.4 is 0 Å². The van der Waals surface area contributed by atoms with Crippen molar-refractivity contribution in [3.8, 4) is 0 Å². The number of imidazole rings is 1. The molecule has 0 unspecified atom stereocenters. The molecule has 0 saturated carbocycles. The summed E-state index contributed by atoms with van der Waals surface area (Å²) >= 11 is 1.63. The van der Waals surface area contributed by atoms with Crippen molar-refractivity contribution in [2.24, 2.45) is 7.05 Å². The zero-order chi connectivity index (χ0) is 14.0. The van der Waals surface area contributed by atoms with Crippen LogP contribution in [0.4, 0.5) is 5.82 Å². The fourth-order valence-electron chi connectivity index (χ4n) is 1.69. The molecular formula is C13H15N3O2S. The summed E-state index contributed by atoms with van der Waals surface area (Å²) in [5.41, 5.74) is 2.51. The Hall–Kier alpha value is -1.82. The van der Waals surface area contributed by atoms with Crippen molar-refractivity contribution in [1.82, 2.24) is 9.55 Å². The smallest absolute Gasteiger partial charge is 0.342 e. The summed E-state index contributed by atoms with van der Waals surface area (Å²) < 4.78 is 1.52. The highest BCUT2D eigenvalue weighted by molar-refractivity contribution is 7.98. The van der Waals surface area contributed by atoms with Crippen LogP contribution in [0, 0.1) is 24.0 Å². The Kier molecular flexibility index (Phi) is 3.90. The summed E-state index contributed by atoms with van der Waals surface area (Å²) in [6.07, 6.45) is 1.30. The van der Waals surface area contributed by atoms with E-state index in [1.807, 2.05) is 0 Å². The van der Waals surface area contributed by atoms with E-state index in [1.165, 1.54) is 21.9 Å². The second kappa shape index (κ2) is 5.44. The maximum atomic E-state index is 10.7. The molecule has 0 bridgehead atoms. The van der Waals surface area contributed by atoms with E-state index in [0.29, 0.717) is 11.6 Å². The molecule has 0 aliphatic heterocycles. The summed E-state index contributed by atoms with van der Waals surface area (Å²) in [5, 5.41) is 10.7. The normalized spacial score (nSPS) is 10.7. The zero-order valence-electron chi connectivity index (χ0n) is 11.1. The molecule has 6 heteroatoms. The minimum atomic E-state index is -0.419. The molecule has 1 aromatic carbocycles. The van der Waals surface area contributed by atoms with Gasteiger partial charge in [0.15, 0.2) is 0 Å². The number of aromatic nitrogens is 2. The fourth-order valence-corrected chi connectivity index (χ4v) is 2.68. The molecule has 0 saturated heterocycles. The number of hydrogen-bond acceptors (Lipinski definition) is 4. The molecule has 0 aliphatic rings. The highest BCUT2D eigenvalue weighted by atomic mass is 32.2. The van der Waals surface area contributed by atoms with Gasteiger partial charge in [0, 0.05) is 4.90 Å². The van der Waals surface area contributed by atoms with Gasteiger partial charge in [0.1, 0.15) is 6.20 Å². The molecule has 0 N–H and O–H groups in total. The van der Waals surface area contributed by atoms with Gasteiger partial charge in [0.05, 0.1) is 12.8 Å². The van der Waals surface area contributed by atoms with Gasteiger partial charge in [0.25, 0.3) is 0 Å². The van der Waals surface area contributed by atoms with Gasteiger partial charge in [-0.05, 0) is 42.0 Å². The summed E-state index contributed by atoms with van der Waals surface area (Å²) in [7, 11) is 1.67. The first-order valence-electron chi connectivity index (χ1n) is 5.84. The Morgan fingerprint density at radius 2 is 2.11 bits per heavy atom. The van der Waals surface area contributed by atoms with Gasteiger partial charge >= 0.3 is 5.82 Å². The third kappa shape index (κ3) is 2.96. The van der Waals surface area contributed by atoms with E-state index in [1.54, 1.807) is 18.8 Å². The molecule has 0 atom stereocenters. The fraction of sp³-hybridized carbons (Fsp3) is 0.308. The van der Waals surface area contributed by atoms with E-state index in [0.717, 1.165) is 4.90 Å². The van der Waals surface area contributed by atoms with Crippen molar-refractivity contribution in [2.75, 3.05) is 0 Å². The summed E-state index contributed by atoms with van der Waals surface area (Å²) in [6.45, 7) is 4.15.